The van der Waals surface area contributed by atoms with Crippen molar-refractivity contribution in [1.29, 1.82) is 0 Å². The number of rotatable bonds is 8. The summed E-state index contributed by atoms with van der Waals surface area (Å²) in [4.78, 5) is 18.2. The molecule has 1 heterocycles. The predicted molar refractivity (Wildman–Crippen MR) is 130 cm³/mol. The summed E-state index contributed by atoms with van der Waals surface area (Å²) in [6.07, 6.45) is 0.466. The van der Waals surface area contributed by atoms with Crippen molar-refractivity contribution in [2.75, 3.05) is 33.8 Å². The van der Waals surface area contributed by atoms with Crippen molar-refractivity contribution in [3.05, 3.63) is 102 Å². The Kier molecular flexibility index (Phi) is 7.43. The third kappa shape index (κ3) is 5.44. The zero-order valence-corrected chi connectivity index (χ0v) is 19.3. The van der Waals surface area contributed by atoms with Gasteiger partial charge in [0.05, 0.1) is 25.2 Å². The molecule has 1 amide bonds. The first kappa shape index (κ1) is 23.0. The van der Waals surface area contributed by atoms with Crippen LogP contribution in [0.2, 0.25) is 0 Å². The van der Waals surface area contributed by atoms with Crippen LogP contribution < -0.4 is 4.74 Å². The second-order valence-corrected chi connectivity index (χ2v) is 8.69. The maximum absolute atomic E-state index is 14.1. The summed E-state index contributed by atoms with van der Waals surface area (Å²) in [5.41, 5.74) is 3.00. The van der Waals surface area contributed by atoms with Gasteiger partial charge in [-0.25, -0.2) is 0 Å². The fourth-order valence-electron chi connectivity index (χ4n) is 4.63. The minimum atomic E-state index is -0.387. The van der Waals surface area contributed by atoms with Gasteiger partial charge in [-0.05, 0) is 35.2 Å². The van der Waals surface area contributed by atoms with E-state index in [9.17, 15) is 9.90 Å². The van der Waals surface area contributed by atoms with Crippen molar-refractivity contribution in [2.45, 2.75) is 24.5 Å². The van der Waals surface area contributed by atoms with Crippen molar-refractivity contribution in [3.8, 4) is 5.75 Å². The fraction of sp³-hybridized carbons (Fsp3) is 0.321. The highest BCUT2D eigenvalue weighted by Crippen LogP contribution is 2.31. The van der Waals surface area contributed by atoms with Gasteiger partial charge in [0, 0.05) is 26.7 Å². The number of aliphatic hydroxyl groups is 1. The molecule has 1 aliphatic heterocycles. The summed E-state index contributed by atoms with van der Waals surface area (Å²) in [5.74, 6) is 0.449. The topological polar surface area (TPSA) is 53.0 Å². The lowest BCUT2D eigenvalue weighted by Crippen LogP contribution is -2.41. The fourth-order valence-corrected chi connectivity index (χ4v) is 4.63. The highest BCUT2D eigenvalue weighted by atomic mass is 16.5. The van der Waals surface area contributed by atoms with Crippen LogP contribution in [0.15, 0.2) is 84.9 Å². The van der Waals surface area contributed by atoms with Crippen LogP contribution in [0.1, 0.15) is 35.1 Å². The van der Waals surface area contributed by atoms with E-state index in [-0.39, 0.29) is 24.0 Å². The average Bonchev–Trinajstić information content (AvgIpc) is 3.28. The molecule has 3 aromatic carbocycles. The molecule has 4 rings (SSSR count). The minimum absolute atomic E-state index is 0.0490. The average molecular weight is 445 g/mol. The molecule has 1 fully saturated rings. The molecule has 33 heavy (non-hydrogen) atoms. The molecule has 1 aliphatic rings. The summed E-state index contributed by atoms with van der Waals surface area (Å²) in [7, 11) is 3.54. The van der Waals surface area contributed by atoms with Crippen molar-refractivity contribution < 1.29 is 14.6 Å². The number of ether oxygens (including phenoxy) is 1. The molecule has 0 unspecified atom stereocenters. The molecule has 172 valence electrons. The summed E-state index contributed by atoms with van der Waals surface area (Å²) in [6, 6.07) is 27.7. The molecule has 0 bridgehead atoms. The van der Waals surface area contributed by atoms with E-state index in [1.165, 1.54) is 0 Å². The van der Waals surface area contributed by atoms with Crippen molar-refractivity contribution in [3.63, 3.8) is 0 Å². The van der Waals surface area contributed by atoms with E-state index in [1.54, 1.807) is 7.11 Å². The maximum Gasteiger partial charge on any atom is 0.234 e. The molecule has 0 aromatic heterocycles. The van der Waals surface area contributed by atoms with Crippen LogP contribution >= 0.6 is 0 Å². The number of β-amino-alcohol motifs (C(OH)–C–C–N with tert-alkyl or cyclic N) is 1. The number of amides is 1. The van der Waals surface area contributed by atoms with Gasteiger partial charge in [0.25, 0.3) is 0 Å². The highest BCUT2D eigenvalue weighted by Gasteiger charge is 2.32. The molecule has 5 heteroatoms. The van der Waals surface area contributed by atoms with Crippen molar-refractivity contribution in [2.24, 2.45) is 0 Å². The molecule has 2 atom stereocenters. The first-order chi connectivity index (χ1) is 16.1. The zero-order chi connectivity index (χ0) is 23.2. The lowest BCUT2D eigenvalue weighted by Gasteiger charge is -2.34. The van der Waals surface area contributed by atoms with Crippen LogP contribution in [-0.2, 0) is 4.79 Å². The predicted octanol–water partition coefficient (Wildman–Crippen LogP) is 4.09. The number of benzene rings is 3. The van der Waals surface area contributed by atoms with E-state index in [4.69, 9.17) is 4.74 Å². The number of likely N-dealkylation sites (N-methyl/N-ethyl adjacent to an activating group) is 1. The number of carbonyl (C=O) groups is 1. The molecular formula is C28H32N2O3. The van der Waals surface area contributed by atoms with E-state index in [0.717, 1.165) is 35.4 Å². The SMILES string of the molecule is COc1ccc([C@@H](CN2CC[C@H](O)C2)N(C)C(=O)C(c2ccccc2)c2ccccc2)cc1. The Balaban J connectivity index is 1.67. The number of carbonyl (C=O) groups excluding carboxylic acids is 1. The number of hydrogen-bond donors (Lipinski definition) is 1. The van der Waals surface area contributed by atoms with E-state index in [0.29, 0.717) is 13.1 Å². The summed E-state index contributed by atoms with van der Waals surface area (Å²) < 4.78 is 5.33. The molecule has 0 spiro atoms. The second-order valence-electron chi connectivity index (χ2n) is 8.69. The van der Waals surface area contributed by atoms with Gasteiger partial charge in [0.15, 0.2) is 0 Å². The molecule has 3 aromatic rings. The first-order valence-electron chi connectivity index (χ1n) is 11.5. The Bertz CT molecular complexity index is 985. The molecule has 0 saturated carbocycles. The third-order valence-corrected chi connectivity index (χ3v) is 6.51. The normalized spacial score (nSPS) is 17.2. The third-order valence-electron chi connectivity index (χ3n) is 6.51. The Hall–Kier alpha value is -3.15. The largest absolute Gasteiger partial charge is 0.497 e. The van der Waals surface area contributed by atoms with Crippen LogP contribution in [0.25, 0.3) is 0 Å². The smallest absolute Gasteiger partial charge is 0.234 e. The van der Waals surface area contributed by atoms with Crippen LogP contribution in [-0.4, -0.2) is 60.7 Å². The Morgan fingerprint density at radius 3 is 2.03 bits per heavy atom. The zero-order valence-electron chi connectivity index (χ0n) is 19.3. The number of likely N-dealkylation sites (tertiary alicyclic amines) is 1. The van der Waals surface area contributed by atoms with Gasteiger partial charge in [0.2, 0.25) is 5.91 Å². The Labute approximate surface area is 196 Å². The van der Waals surface area contributed by atoms with Crippen molar-refractivity contribution in [1.82, 2.24) is 9.80 Å². The first-order valence-corrected chi connectivity index (χ1v) is 11.5. The lowest BCUT2D eigenvalue weighted by molar-refractivity contribution is -0.133. The van der Waals surface area contributed by atoms with Crippen LogP contribution in [0.4, 0.5) is 0 Å². The van der Waals surface area contributed by atoms with Crippen molar-refractivity contribution >= 4 is 5.91 Å². The lowest BCUT2D eigenvalue weighted by atomic mass is 9.89. The summed E-state index contributed by atoms with van der Waals surface area (Å²) in [5, 5.41) is 10.0. The van der Waals surface area contributed by atoms with Gasteiger partial charge in [-0.1, -0.05) is 72.8 Å². The number of hydrogen-bond acceptors (Lipinski definition) is 4. The molecule has 1 N–H and O–H groups in total. The number of methoxy groups -OCH3 is 1. The van der Waals surface area contributed by atoms with Gasteiger partial charge in [-0.3, -0.25) is 9.69 Å². The van der Waals surface area contributed by atoms with E-state index >= 15 is 0 Å². The quantitative estimate of drug-likeness (QED) is 0.569. The van der Waals surface area contributed by atoms with Gasteiger partial charge < -0.3 is 14.7 Å². The second kappa shape index (κ2) is 10.6. The van der Waals surface area contributed by atoms with Gasteiger partial charge >= 0.3 is 0 Å². The standard InChI is InChI=1S/C28H32N2O3/c1-29(28(32)27(22-9-5-3-6-10-22)23-11-7-4-8-12-23)26(20-30-18-17-24(31)19-30)21-13-15-25(33-2)16-14-21/h3-16,24,26-27,31H,17-20H2,1-2H3/t24-,26+/m0/s1. The molecule has 0 radical (unpaired) electrons. The summed E-state index contributed by atoms with van der Waals surface area (Å²) >= 11 is 0. The minimum Gasteiger partial charge on any atom is -0.497 e. The van der Waals surface area contributed by atoms with Gasteiger partial charge in [-0.2, -0.15) is 0 Å². The van der Waals surface area contributed by atoms with Crippen LogP contribution in [0.5, 0.6) is 5.75 Å². The van der Waals surface area contributed by atoms with Crippen LogP contribution in [0.3, 0.4) is 0 Å². The van der Waals surface area contributed by atoms with E-state index in [1.807, 2.05) is 96.9 Å². The molecule has 5 nitrogen and oxygen atoms in total. The monoisotopic (exact) mass is 444 g/mol. The van der Waals surface area contributed by atoms with E-state index < -0.39 is 0 Å². The van der Waals surface area contributed by atoms with E-state index in [2.05, 4.69) is 4.90 Å². The molecular weight excluding hydrogens is 412 g/mol. The Morgan fingerprint density at radius 1 is 0.970 bits per heavy atom. The summed E-state index contributed by atoms with van der Waals surface area (Å²) in [6.45, 7) is 2.13. The number of nitrogens with zero attached hydrogens (tertiary/aromatic N) is 2. The number of aliphatic hydroxyl groups excluding tert-OH is 1. The Morgan fingerprint density at radius 2 is 1.55 bits per heavy atom. The molecule has 1 saturated heterocycles. The van der Waals surface area contributed by atoms with Crippen LogP contribution in [0, 0.1) is 0 Å². The van der Waals surface area contributed by atoms with Gasteiger partial charge in [-0.15, -0.1) is 0 Å². The maximum atomic E-state index is 14.1. The molecule has 0 aliphatic carbocycles. The van der Waals surface area contributed by atoms with Gasteiger partial charge in [0.1, 0.15) is 5.75 Å². The highest BCUT2D eigenvalue weighted by molar-refractivity contribution is 5.87.